The Morgan fingerprint density at radius 3 is 2.12 bits per heavy atom. The van der Waals surface area contributed by atoms with E-state index in [4.69, 9.17) is 4.74 Å². The molecule has 0 atom stereocenters. The first-order valence-electron chi connectivity index (χ1n) is 10.1. The van der Waals surface area contributed by atoms with Crippen LogP contribution >= 0.6 is 0 Å². The van der Waals surface area contributed by atoms with Crippen LogP contribution in [0.1, 0.15) is 26.3 Å². The molecular weight excluding hydrogens is 404 g/mol. The van der Waals surface area contributed by atoms with Crippen LogP contribution in [0, 0.1) is 0 Å². The molecule has 160 valence electrons. The first-order valence-corrected chi connectivity index (χ1v) is 10.1. The van der Waals surface area contributed by atoms with Gasteiger partial charge in [0.2, 0.25) is 0 Å². The lowest BCUT2D eigenvalue weighted by Gasteiger charge is -2.08. The summed E-state index contributed by atoms with van der Waals surface area (Å²) in [6.07, 6.45) is 1.68. The van der Waals surface area contributed by atoms with Gasteiger partial charge in [-0.15, -0.1) is 0 Å². The maximum absolute atomic E-state index is 13.0. The molecule has 32 heavy (non-hydrogen) atoms. The van der Waals surface area contributed by atoms with Crippen LogP contribution in [0.15, 0.2) is 91.1 Å². The van der Waals surface area contributed by atoms with E-state index < -0.39 is 11.8 Å². The summed E-state index contributed by atoms with van der Waals surface area (Å²) in [5.74, 6) is -0.153. The minimum atomic E-state index is -0.459. The number of hydrogen-bond acceptors (Lipinski definition) is 4. The fourth-order valence-electron chi connectivity index (χ4n) is 3.24. The predicted octanol–water partition coefficient (Wildman–Crippen LogP) is 3.68. The molecule has 0 saturated carbocycles. The molecule has 7 heteroatoms. The summed E-state index contributed by atoms with van der Waals surface area (Å²) < 4.78 is 6.93. The lowest BCUT2D eigenvalue weighted by atomic mass is 10.1. The van der Waals surface area contributed by atoms with Gasteiger partial charge in [0, 0.05) is 17.3 Å². The van der Waals surface area contributed by atoms with Gasteiger partial charge in [-0.25, -0.2) is 0 Å². The summed E-state index contributed by atoms with van der Waals surface area (Å²) >= 11 is 0. The lowest BCUT2D eigenvalue weighted by Crippen LogP contribution is -2.41. The molecule has 0 aliphatic rings. The molecule has 0 unspecified atom stereocenters. The van der Waals surface area contributed by atoms with Crippen molar-refractivity contribution in [2.24, 2.45) is 0 Å². The van der Waals surface area contributed by atoms with Gasteiger partial charge >= 0.3 is 0 Å². The largest absolute Gasteiger partial charge is 0.497 e. The number of hydrazine groups is 1. The number of carbonyl (C=O) groups excluding carboxylic acids is 2. The molecule has 0 bridgehead atoms. The van der Waals surface area contributed by atoms with Crippen LogP contribution in [-0.4, -0.2) is 28.7 Å². The summed E-state index contributed by atoms with van der Waals surface area (Å²) in [4.78, 5) is 25.3. The van der Waals surface area contributed by atoms with Crippen molar-refractivity contribution in [1.29, 1.82) is 0 Å². The Labute approximate surface area is 185 Å². The van der Waals surface area contributed by atoms with E-state index >= 15 is 0 Å². The Balaban J connectivity index is 1.59. The van der Waals surface area contributed by atoms with E-state index in [1.165, 1.54) is 0 Å². The molecule has 0 fully saturated rings. The maximum atomic E-state index is 13.0. The van der Waals surface area contributed by atoms with Crippen LogP contribution in [-0.2, 0) is 6.54 Å². The summed E-state index contributed by atoms with van der Waals surface area (Å²) in [5.41, 5.74) is 8.07. The van der Waals surface area contributed by atoms with E-state index in [-0.39, 0.29) is 0 Å². The minimum absolute atomic E-state index is 0.347. The second-order valence-corrected chi connectivity index (χ2v) is 7.08. The molecule has 1 heterocycles. The smallest absolute Gasteiger partial charge is 0.273 e. The molecule has 4 aromatic rings. The molecular formula is C25H22N4O3. The number of benzene rings is 3. The number of nitrogens with one attached hydrogen (secondary N) is 2. The van der Waals surface area contributed by atoms with E-state index in [1.54, 1.807) is 42.3 Å². The van der Waals surface area contributed by atoms with E-state index in [1.807, 2.05) is 60.7 Å². The van der Waals surface area contributed by atoms with E-state index in [9.17, 15) is 9.59 Å². The number of nitrogens with zero attached hydrogens (tertiary/aromatic N) is 2. The Hall–Kier alpha value is -4.39. The quantitative estimate of drug-likeness (QED) is 0.461. The third kappa shape index (κ3) is 4.84. The van der Waals surface area contributed by atoms with Crippen molar-refractivity contribution in [2.75, 3.05) is 7.11 Å². The van der Waals surface area contributed by atoms with Gasteiger partial charge < -0.3 is 4.74 Å². The van der Waals surface area contributed by atoms with Crippen molar-refractivity contribution in [1.82, 2.24) is 20.6 Å². The van der Waals surface area contributed by atoms with Crippen LogP contribution < -0.4 is 15.6 Å². The summed E-state index contributed by atoms with van der Waals surface area (Å²) in [5, 5.41) is 4.64. The first kappa shape index (κ1) is 20.9. The van der Waals surface area contributed by atoms with E-state index in [0.717, 1.165) is 11.1 Å². The first-order chi connectivity index (χ1) is 15.6. The fourth-order valence-corrected chi connectivity index (χ4v) is 3.24. The summed E-state index contributed by atoms with van der Waals surface area (Å²) in [6, 6.07) is 25.8. The highest BCUT2D eigenvalue weighted by atomic mass is 16.5. The fraction of sp³-hybridized carbons (Fsp3) is 0.0800. The van der Waals surface area contributed by atoms with Crippen molar-refractivity contribution < 1.29 is 14.3 Å². The van der Waals surface area contributed by atoms with Crippen molar-refractivity contribution in [3.05, 3.63) is 108 Å². The number of hydrogen-bond donors (Lipinski definition) is 2. The molecule has 1 aromatic heterocycles. The molecule has 0 radical (unpaired) electrons. The molecule has 7 nitrogen and oxygen atoms in total. The van der Waals surface area contributed by atoms with Gasteiger partial charge in [-0.3, -0.25) is 25.1 Å². The second kappa shape index (κ2) is 9.61. The molecule has 0 saturated heterocycles. The Morgan fingerprint density at radius 1 is 0.844 bits per heavy atom. The van der Waals surface area contributed by atoms with Crippen molar-refractivity contribution in [3.8, 4) is 17.0 Å². The molecule has 0 aliphatic carbocycles. The third-order valence-electron chi connectivity index (χ3n) is 4.88. The molecule has 2 N–H and O–H groups in total. The molecule has 0 aliphatic heterocycles. The van der Waals surface area contributed by atoms with Gasteiger partial charge in [0.05, 0.1) is 19.2 Å². The predicted molar refractivity (Wildman–Crippen MR) is 121 cm³/mol. The van der Waals surface area contributed by atoms with Gasteiger partial charge in [-0.05, 0) is 42.0 Å². The number of carbonyl (C=O) groups is 2. The summed E-state index contributed by atoms with van der Waals surface area (Å²) in [7, 11) is 1.60. The normalized spacial score (nSPS) is 10.4. The van der Waals surface area contributed by atoms with Crippen LogP contribution in [0.25, 0.3) is 11.3 Å². The highest BCUT2D eigenvalue weighted by molar-refractivity contribution is 6.02. The van der Waals surface area contributed by atoms with Gasteiger partial charge in [0.15, 0.2) is 0 Å². The zero-order chi connectivity index (χ0) is 22.3. The highest BCUT2D eigenvalue weighted by Crippen LogP contribution is 2.25. The summed E-state index contributed by atoms with van der Waals surface area (Å²) in [6.45, 7) is 0.508. The van der Waals surface area contributed by atoms with Crippen molar-refractivity contribution >= 4 is 11.8 Å². The average molecular weight is 426 g/mol. The zero-order valence-corrected chi connectivity index (χ0v) is 17.5. The zero-order valence-electron chi connectivity index (χ0n) is 17.5. The second-order valence-electron chi connectivity index (χ2n) is 7.08. The average Bonchev–Trinajstić information content (AvgIpc) is 3.27. The minimum Gasteiger partial charge on any atom is -0.497 e. The van der Waals surface area contributed by atoms with Crippen molar-refractivity contribution in [3.63, 3.8) is 0 Å². The lowest BCUT2D eigenvalue weighted by molar-refractivity contribution is 0.0847. The number of amides is 2. The van der Waals surface area contributed by atoms with E-state index in [2.05, 4.69) is 16.0 Å². The van der Waals surface area contributed by atoms with Gasteiger partial charge in [0.1, 0.15) is 11.4 Å². The van der Waals surface area contributed by atoms with Crippen LogP contribution in [0.2, 0.25) is 0 Å². The topological polar surface area (TPSA) is 85.2 Å². The molecule has 4 rings (SSSR count). The Morgan fingerprint density at radius 2 is 1.47 bits per heavy atom. The number of rotatable bonds is 6. The monoisotopic (exact) mass is 426 g/mol. The van der Waals surface area contributed by atoms with Crippen LogP contribution in [0.5, 0.6) is 5.75 Å². The number of ether oxygens (including phenoxy) is 1. The van der Waals surface area contributed by atoms with E-state index in [0.29, 0.717) is 29.1 Å². The third-order valence-corrected chi connectivity index (χ3v) is 4.88. The molecule has 2 amide bonds. The standard InChI is InChI=1S/C25H22N4O3/c1-32-21-14-12-19(13-15-21)23-22(17-29(28-23)16-18-8-4-2-5-9-18)25(31)27-26-24(30)20-10-6-3-7-11-20/h2-15,17H,16H2,1H3,(H,26,30)(H,27,31). The van der Waals surface area contributed by atoms with Gasteiger partial charge in [0.25, 0.3) is 11.8 Å². The Kier molecular flexibility index (Phi) is 6.27. The Bertz CT molecular complexity index is 1200. The number of methoxy groups -OCH3 is 1. The maximum Gasteiger partial charge on any atom is 0.273 e. The van der Waals surface area contributed by atoms with Crippen LogP contribution in [0.4, 0.5) is 0 Å². The molecule has 3 aromatic carbocycles. The van der Waals surface area contributed by atoms with Crippen LogP contribution in [0.3, 0.4) is 0 Å². The molecule has 0 spiro atoms. The SMILES string of the molecule is COc1ccc(-c2nn(Cc3ccccc3)cc2C(=O)NNC(=O)c2ccccc2)cc1. The van der Waals surface area contributed by atoms with Gasteiger partial charge in [-0.2, -0.15) is 5.10 Å². The number of aromatic nitrogens is 2. The highest BCUT2D eigenvalue weighted by Gasteiger charge is 2.19. The van der Waals surface area contributed by atoms with Crippen molar-refractivity contribution in [2.45, 2.75) is 6.54 Å². The van der Waals surface area contributed by atoms with Gasteiger partial charge in [-0.1, -0.05) is 48.5 Å².